The second-order valence-electron chi connectivity index (χ2n) is 17.9. The maximum Gasteiger partial charge on any atom is 0.258 e. The fraction of sp³-hybridized carbons (Fsp3) is 0.267. The highest BCUT2D eigenvalue weighted by molar-refractivity contribution is 6.00. The van der Waals surface area contributed by atoms with E-state index in [0.29, 0.717) is 61.2 Å². The maximum absolute atomic E-state index is 13.7. The van der Waals surface area contributed by atoms with Crippen LogP contribution in [0.25, 0.3) is 0 Å². The molecule has 0 saturated heterocycles. The maximum atomic E-state index is 13.7. The molecule has 8 rings (SSSR count). The molecule has 0 saturated carbocycles. The zero-order chi connectivity index (χ0) is 49.2. The van der Waals surface area contributed by atoms with Crippen LogP contribution in [-0.2, 0) is 22.4 Å². The van der Waals surface area contributed by atoms with Crippen molar-refractivity contribution in [2.24, 2.45) is 0 Å². The third-order valence-electron chi connectivity index (χ3n) is 12.7. The van der Waals surface area contributed by atoms with Gasteiger partial charge in [0.25, 0.3) is 11.8 Å². The molecule has 6 atom stereocenters. The van der Waals surface area contributed by atoms with Crippen LogP contribution in [0.2, 0.25) is 0 Å². The average molecular weight is 937 g/mol. The van der Waals surface area contributed by atoms with Crippen LogP contribution in [0.15, 0.2) is 194 Å². The second-order valence-corrected chi connectivity index (χ2v) is 17.9. The zero-order valence-electron chi connectivity index (χ0n) is 40.5. The first-order valence-corrected chi connectivity index (χ1v) is 24.2. The third kappa shape index (κ3) is 13.7. The lowest BCUT2D eigenvalue weighted by molar-refractivity contribution is -0.126. The Morgan fingerprint density at radius 3 is 1.11 bits per heavy atom. The number of likely N-dealkylation sites (N-methyl/N-ethyl adjacent to an activating group) is 2. The van der Waals surface area contributed by atoms with Gasteiger partial charge in [0.15, 0.2) is 0 Å². The number of hydrogen-bond acceptors (Lipinski definition) is 6. The van der Waals surface area contributed by atoms with Crippen LogP contribution in [0.1, 0.15) is 94.6 Å². The second kappa shape index (κ2) is 25.1. The van der Waals surface area contributed by atoms with E-state index in [9.17, 15) is 19.2 Å². The van der Waals surface area contributed by atoms with Gasteiger partial charge in [-0.25, -0.2) is 0 Å². The monoisotopic (exact) mass is 936 g/mol. The van der Waals surface area contributed by atoms with Crippen LogP contribution in [0.4, 0.5) is 0 Å². The van der Waals surface area contributed by atoms with Crippen LogP contribution in [-0.4, -0.2) is 71.8 Å². The molecule has 6 aromatic carbocycles. The molecule has 0 aromatic heterocycles. The highest BCUT2D eigenvalue weighted by Crippen LogP contribution is 2.27. The summed E-state index contributed by atoms with van der Waals surface area (Å²) in [4.78, 5) is 57.9. The molecule has 0 fully saturated rings. The number of amides is 4. The zero-order valence-corrected chi connectivity index (χ0v) is 40.5. The third-order valence-corrected chi connectivity index (χ3v) is 12.7. The SMILES string of the molecule is C[C@H]1C/C=C/C[C@H](c2ccccc2)NC(=O)[C@@H](Cc2ccccc2)N(C)C(=O)c2ccccc2O1.C[C@H]1C/C=C\C[C@H](c2ccccc2)NC(=O)[C@@H](Cc2ccccc2)N(C)C(=O)c2ccccc2O1. The normalized spacial score (nSPS) is 22.3. The number of benzene rings is 6. The highest BCUT2D eigenvalue weighted by atomic mass is 16.5. The summed E-state index contributed by atoms with van der Waals surface area (Å²) in [5, 5.41) is 6.46. The topological polar surface area (TPSA) is 117 Å². The van der Waals surface area contributed by atoms with Crippen molar-refractivity contribution < 1.29 is 28.7 Å². The number of ether oxygens (including phenoxy) is 2. The van der Waals surface area contributed by atoms with Crippen molar-refractivity contribution in [2.45, 2.75) is 88.7 Å². The Balaban J connectivity index is 0.000000206. The predicted molar refractivity (Wildman–Crippen MR) is 277 cm³/mol. The van der Waals surface area contributed by atoms with Gasteiger partial charge in [0, 0.05) is 39.8 Å². The van der Waals surface area contributed by atoms with Crippen molar-refractivity contribution in [2.75, 3.05) is 14.1 Å². The molecule has 0 spiro atoms. The summed E-state index contributed by atoms with van der Waals surface area (Å²) < 4.78 is 12.3. The van der Waals surface area contributed by atoms with E-state index in [2.05, 4.69) is 34.9 Å². The highest BCUT2D eigenvalue weighted by Gasteiger charge is 2.33. The average Bonchev–Trinajstić information content (AvgIpc) is 3.39. The Kier molecular flexibility index (Phi) is 18.0. The van der Waals surface area contributed by atoms with Gasteiger partial charge >= 0.3 is 0 Å². The van der Waals surface area contributed by atoms with Crippen molar-refractivity contribution in [1.82, 2.24) is 20.4 Å². The van der Waals surface area contributed by atoms with Gasteiger partial charge in [-0.3, -0.25) is 19.2 Å². The van der Waals surface area contributed by atoms with Gasteiger partial charge in [0.2, 0.25) is 11.8 Å². The van der Waals surface area contributed by atoms with E-state index < -0.39 is 12.1 Å². The van der Waals surface area contributed by atoms with Crippen molar-refractivity contribution in [3.05, 3.63) is 228 Å². The molecule has 0 bridgehead atoms. The molecule has 2 aliphatic heterocycles. The van der Waals surface area contributed by atoms with Gasteiger partial charge in [-0.2, -0.15) is 0 Å². The lowest BCUT2D eigenvalue weighted by Gasteiger charge is -2.30. The van der Waals surface area contributed by atoms with E-state index in [1.807, 2.05) is 172 Å². The summed E-state index contributed by atoms with van der Waals surface area (Å²) in [6, 6.07) is 52.2. The predicted octanol–water partition coefficient (Wildman–Crippen LogP) is 10.7. The molecule has 4 amide bonds. The molecule has 0 radical (unpaired) electrons. The molecule has 10 nitrogen and oxygen atoms in total. The van der Waals surface area contributed by atoms with Gasteiger partial charge in [0.05, 0.1) is 35.4 Å². The molecule has 0 unspecified atom stereocenters. The van der Waals surface area contributed by atoms with Crippen molar-refractivity contribution in [3.63, 3.8) is 0 Å². The first-order chi connectivity index (χ1) is 34.0. The van der Waals surface area contributed by atoms with Crippen molar-refractivity contribution in [3.8, 4) is 11.5 Å². The van der Waals surface area contributed by atoms with Crippen molar-refractivity contribution in [1.29, 1.82) is 0 Å². The number of carbonyl (C=O) groups is 4. The Morgan fingerprint density at radius 1 is 0.429 bits per heavy atom. The number of hydrogen-bond donors (Lipinski definition) is 2. The first-order valence-electron chi connectivity index (χ1n) is 24.2. The van der Waals surface area contributed by atoms with Crippen LogP contribution in [0.5, 0.6) is 11.5 Å². The quantitative estimate of drug-likeness (QED) is 0.161. The Hall–Kier alpha value is -7.72. The molecule has 2 heterocycles. The number of rotatable bonds is 6. The van der Waals surface area contributed by atoms with E-state index in [4.69, 9.17) is 9.47 Å². The Bertz CT molecular complexity index is 2510. The molecule has 2 N–H and O–H groups in total. The van der Waals surface area contributed by atoms with Gasteiger partial charge in [-0.1, -0.05) is 170 Å². The Morgan fingerprint density at radius 2 is 0.743 bits per heavy atom. The van der Waals surface area contributed by atoms with Crippen LogP contribution in [0.3, 0.4) is 0 Å². The summed E-state index contributed by atoms with van der Waals surface area (Å²) in [5.41, 5.74) is 4.94. The van der Waals surface area contributed by atoms with E-state index in [-0.39, 0.29) is 47.9 Å². The largest absolute Gasteiger partial charge is 0.490 e. The summed E-state index contributed by atoms with van der Waals surface area (Å²) in [6.45, 7) is 3.99. The molecular formula is C60H64N4O6. The van der Waals surface area contributed by atoms with Crippen LogP contribution in [0, 0.1) is 0 Å². The lowest BCUT2D eigenvalue weighted by Crippen LogP contribution is -2.49. The summed E-state index contributed by atoms with van der Waals surface area (Å²) >= 11 is 0. The van der Waals surface area contributed by atoms with Gasteiger partial charge < -0.3 is 29.9 Å². The molecular weight excluding hydrogens is 873 g/mol. The Labute approximate surface area is 413 Å². The molecule has 2 aliphatic rings. The van der Waals surface area contributed by atoms with E-state index in [0.717, 1.165) is 22.3 Å². The summed E-state index contributed by atoms with van der Waals surface area (Å²) in [5.74, 6) is 0.207. The molecule has 6 aromatic rings. The minimum atomic E-state index is -0.687. The number of nitrogens with zero attached hydrogens (tertiary/aromatic N) is 2. The summed E-state index contributed by atoms with van der Waals surface area (Å²) in [6.07, 6.45) is 11.7. The van der Waals surface area contributed by atoms with E-state index >= 15 is 0 Å². The van der Waals surface area contributed by atoms with Gasteiger partial charge in [0.1, 0.15) is 23.6 Å². The van der Waals surface area contributed by atoms with Crippen molar-refractivity contribution >= 4 is 23.6 Å². The number of fused-ring (bicyclic) bond motifs is 2. The molecule has 10 heteroatoms. The fourth-order valence-electron chi connectivity index (χ4n) is 8.67. The summed E-state index contributed by atoms with van der Waals surface area (Å²) in [7, 11) is 3.39. The number of para-hydroxylation sites is 2. The van der Waals surface area contributed by atoms with Gasteiger partial charge in [-0.15, -0.1) is 0 Å². The fourth-order valence-corrected chi connectivity index (χ4v) is 8.67. The minimum Gasteiger partial charge on any atom is -0.490 e. The number of nitrogens with one attached hydrogen (secondary N) is 2. The van der Waals surface area contributed by atoms with E-state index in [1.54, 1.807) is 36.0 Å². The first kappa shape index (κ1) is 50.2. The number of carbonyl (C=O) groups excluding carboxylic acids is 4. The minimum absolute atomic E-state index is 0.0988. The smallest absolute Gasteiger partial charge is 0.258 e. The lowest BCUT2D eigenvalue weighted by atomic mass is 9.99. The molecule has 70 heavy (non-hydrogen) atoms. The van der Waals surface area contributed by atoms with Crippen LogP contribution >= 0.6 is 0 Å². The van der Waals surface area contributed by atoms with Crippen LogP contribution < -0.4 is 20.1 Å². The molecule has 360 valence electrons. The van der Waals surface area contributed by atoms with Gasteiger partial charge in [-0.05, 0) is 73.2 Å². The molecule has 0 aliphatic carbocycles. The standard InChI is InChI=1S/2C30H32N2O3/c2*1-22-13-9-11-19-26(24-16-7-4-8-17-24)31-29(33)27(21-23-14-5-3-6-15-23)32(2)30(34)25-18-10-12-20-28(25)35-22/h2*3-12,14-18,20,22,26-27H,13,19,21H2,1-2H3,(H,31,33)/b11-9+;11-9-/t2*22-,26+,27+/m00/s1. The van der Waals surface area contributed by atoms with E-state index in [1.165, 1.54) is 0 Å².